The van der Waals surface area contributed by atoms with E-state index in [-0.39, 0.29) is 29.7 Å². The molecule has 0 aliphatic carbocycles. The van der Waals surface area contributed by atoms with Crippen molar-refractivity contribution in [3.8, 4) is 0 Å². The van der Waals surface area contributed by atoms with Crippen LogP contribution in [0, 0.1) is 5.92 Å². The van der Waals surface area contributed by atoms with Gasteiger partial charge in [0.2, 0.25) is 11.8 Å². The van der Waals surface area contributed by atoms with Gasteiger partial charge in [0.1, 0.15) is 0 Å². The van der Waals surface area contributed by atoms with E-state index in [2.05, 4.69) is 29.5 Å². The summed E-state index contributed by atoms with van der Waals surface area (Å²) in [7, 11) is 0. The predicted molar refractivity (Wildman–Crippen MR) is 112 cm³/mol. The number of benzene rings is 1. The Morgan fingerprint density at radius 1 is 1.18 bits per heavy atom. The van der Waals surface area contributed by atoms with Gasteiger partial charge in [-0.1, -0.05) is 44.7 Å². The summed E-state index contributed by atoms with van der Waals surface area (Å²) in [6.45, 7) is 7.26. The molecule has 2 N–H and O–H groups in total. The third-order valence-electron chi connectivity index (χ3n) is 4.11. The molecule has 1 aromatic carbocycles. The first kappa shape index (κ1) is 21.9. The van der Waals surface area contributed by atoms with Crippen LogP contribution < -0.4 is 16.2 Å². The lowest BCUT2D eigenvalue weighted by Gasteiger charge is -2.14. The lowest BCUT2D eigenvalue weighted by Crippen LogP contribution is -2.38. The Balaban J connectivity index is 2.09. The summed E-state index contributed by atoms with van der Waals surface area (Å²) >= 11 is 1.21. The molecule has 1 heterocycles. The van der Waals surface area contributed by atoms with Gasteiger partial charge in [0, 0.05) is 13.1 Å². The number of para-hydroxylation sites is 1. The number of nitrogens with zero attached hydrogens (tertiary/aromatic N) is 2. The van der Waals surface area contributed by atoms with Crippen LogP contribution in [0.2, 0.25) is 0 Å². The second kappa shape index (κ2) is 10.8. The van der Waals surface area contributed by atoms with E-state index in [1.165, 1.54) is 11.8 Å². The fourth-order valence-electron chi connectivity index (χ4n) is 2.53. The van der Waals surface area contributed by atoms with Crippen LogP contribution >= 0.6 is 11.8 Å². The van der Waals surface area contributed by atoms with E-state index in [4.69, 9.17) is 0 Å². The summed E-state index contributed by atoms with van der Waals surface area (Å²) in [4.78, 5) is 41.1. The quantitative estimate of drug-likeness (QED) is 0.468. The molecule has 8 heteroatoms. The molecule has 2 amide bonds. The number of hydrogen-bond acceptors (Lipinski definition) is 5. The van der Waals surface area contributed by atoms with Crippen LogP contribution in [0.3, 0.4) is 0 Å². The molecule has 0 saturated carbocycles. The summed E-state index contributed by atoms with van der Waals surface area (Å²) in [5.74, 6) is 0.0570. The molecule has 0 spiro atoms. The van der Waals surface area contributed by atoms with E-state index >= 15 is 0 Å². The van der Waals surface area contributed by atoms with Gasteiger partial charge < -0.3 is 10.6 Å². The molecular weight excluding hydrogens is 376 g/mol. The summed E-state index contributed by atoms with van der Waals surface area (Å²) in [6, 6.07) is 7.23. The van der Waals surface area contributed by atoms with Crippen molar-refractivity contribution in [2.75, 3.05) is 18.8 Å². The number of carbonyl (C=O) groups excluding carboxylic acids is 2. The SMILES string of the molecule is CCCNC(=O)CNC(=O)CSc1nc2ccccc2c(=O)n1CCC(C)C. The molecular formula is C20H28N4O3S. The van der Waals surface area contributed by atoms with E-state index in [1.54, 1.807) is 16.7 Å². The van der Waals surface area contributed by atoms with Crippen LogP contribution in [0.5, 0.6) is 0 Å². The molecule has 0 atom stereocenters. The summed E-state index contributed by atoms with van der Waals surface area (Å²) in [5.41, 5.74) is 0.531. The van der Waals surface area contributed by atoms with Gasteiger partial charge in [-0.05, 0) is 30.9 Å². The monoisotopic (exact) mass is 404 g/mol. The average molecular weight is 405 g/mol. The second-order valence-electron chi connectivity index (χ2n) is 6.97. The van der Waals surface area contributed by atoms with Crippen molar-refractivity contribution < 1.29 is 9.59 Å². The van der Waals surface area contributed by atoms with Crippen molar-refractivity contribution in [1.82, 2.24) is 20.2 Å². The largest absolute Gasteiger partial charge is 0.355 e. The first-order valence-electron chi connectivity index (χ1n) is 9.58. The third-order valence-corrected chi connectivity index (χ3v) is 5.08. The lowest BCUT2D eigenvalue weighted by atomic mass is 10.1. The van der Waals surface area contributed by atoms with Crippen molar-refractivity contribution in [2.24, 2.45) is 5.92 Å². The molecule has 1 aromatic heterocycles. The van der Waals surface area contributed by atoms with E-state index < -0.39 is 0 Å². The maximum atomic E-state index is 12.9. The Kier molecular flexibility index (Phi) is 8.50. The first-order valence-corrected chi connectivity index (χ1v) is 10.6. The zero-order valence-electron chi connectivity index (χ0n) is 16.7. The average Bonchev–Trinajstić information content (AvgIpc) is 2.68. The van der Waals surface area contributed by atoms with E-state index in [0.29, 0.717) is 35.1 Å². The fourth-order valence-corrected chi connectivity index (χ4v) is 3.38. The molecule has 0 bridgehead atoms. The number of thioether (sulfide) groups is 1. The lowest BCUT2D eigenvalue weighted by molar-refractivity contribution is -0.124. The van der Waals surface area contributed by atoms with Crippen LogP contribution in [0.1, 0.15) is 33.6 Å². The minimum Gasteiger partial charge on any atom is -0.355 e. The number of nitrogens with one attached hydrogen (secondary N) is 2. The molecule has 0 aliphatic heterocycles. The highest BCUT2D eigenvalue weighted by Crippen LogP contribution is 2.18. The van der Waals surface area contributed by atoms with Gasteiger partial charge >= 0.3 is 0 Å². The van der Waals surface area contributed by atoms with Crippen molar-refractivity contribution in [3.05, 3.63) is 34.6 Å². The van der Waals surface area contributed by atoms with E-state index in [9.17, 15) is 14.4 Å². The Bertz CT molecular complexity index is 879. The van der Waals surface area contributed by atoms with E-state index in [0.717, 1.165) is 12.8 Å². The smallest absolute Gasteiger partial charge is 0.262 e. The molecule has 152 valence electrons. The van der Waals surface area contributed by atoms with Crippen LogP contribution in [-0.2, 0) is 16.1 Å². The Morgan fingerprint density at radius 3 is 2.64 bits per heavy atom. The van der Waals surface area contributed by atoms with Crippen molar-refractivity contribution in [3.63, 3.8) is 0 Å². The zero-order chi connectivity index (χ0) is 20.5. The predicted octanol–water partition coefficient (Wildman–Crippen LogP) is 2.18. The highest BCUT2D eigenvalue weighted by atomic mass is 32.2. The minimum absolute atomic E-state index is 0.0509. The molecule has 28 heavy (non-hydrogen) atoms. The summed E-state index contributed by atoms with van der Waals surface area (Å²) in [6.07, 6.45) is 1.69. The number of amides is 2. The molecule has 0 aliphatic rings. The third kappa shape index (κ3) is 6.37. The molecule has 0 unspecified atom stereocenters. The number of fused-ring (bicyclic) bond motifs is 1. The Hall–Kier alpha value is -2.35. The molecule has 0 saturated heterocycles. The van der Waals surface area contributed by atoms with Crippen LogP contribution in [0.4, 0.5) is 0 Å². The number of hydrogen-bond donors (Lipinski definition) is 2. The maximum Gasteiger partial charge on any atom is 0.262 e. The minimum atomic E-state index is -0.269. The van der Waals surface area contributed by atoms with Gasteiger partial charge in [-0.25, -0.2) is 4.98 Å². The van der Waals surface area contributed by atoms with Gasteiger partial charge in [-0.3, -0.25) is 19.0 Å². The van der Waals surface area contributed by atoms with Gasteiger partial charge in [-0.2, -0.15) is 0 Å². The number of aromatic nitrogens is 2. The standard InChI is InChI=1S/C20H28N4O3S/c1-4-10-21-17(25)12-22-18(26)13-28-20-23-16-8-6-5-7-15(16)19(27)24(20)11-9-14(2)3/h5-8,14H,4,9-13H2,1-3H3,(H,21,25)(H,22,26). The highest BCUT2D eigenvalue weighted by molar-refractivity contribution is 7.99. The summed E-state index contributed by atoms with van der Waals surface area (Å²) in [5, 5.41) is 6.40. The fraction of sp³-hybridized carbons (Fsp3) is 0.500. The topological polar surface area (TPSA) is 93.1 Å². The normalized spacial score (nSPS) is 11.0. The number of carbonyl (C=O) groups is 2. The van der Waals surface area contributed by atoms with Crippen LogP contribution in [0.25, 0.3) is 10.9 Å². The molecule has 2 aromatic rings. The van der Waals surface area contributed by atoms with Gasteiger partial charge in [-0.15, -0.1) is 0 Å². The molecule has 0 fully saturated rings. The van der Waals surface area contributed by atoms with E-state index in [1.807, 2.05) is 19.1 Å². The molecule has 0 radical (unpaired) electrons. The van der Waals surface area contributed by atoms with Gasteiger partial charge in [0.05, 0.1) is 23.2 Å². The van der Waals surface area contributed by atoms with Crippen LogP contribution in [-0.4, -0.2) is 40.2 Å². The van der Waals surface area contributed by atoms with Crippen molar-refractivity contribution in [1.29, 1.82) is 0 Å². The Morgan fingerprint density at radius 2 is 1.93 bits per heavy atom. The zero-order valence-corrected chi connectivity index (χ0v) is 17.5. The highest BCUT2D eigenvalue weighted by Gasteiger charge is 2.14. The molecule has 7 nitrogen and oxygen atoms in total. The van der Waals surface area contributed by atoms with Crippen molar-refractivity contribution >= 4 is 34.5 Å². The Labute approximate surface area is 169 Å². The second-order valence-corrected chi connectivity index (χ2v) is 7.91. The molecule has 2 rings (SSSR count). The van der Waals surface area contributed by atoms with Crippen LogP contribution in [0.15, 0.2) is 34.2 Å². The maximum absolute atomic E-state index is 12.9. The van der Waals surface area contributed by atoms with Gasteiger partial charge in [0.25, 0.3) is 5.56 Å². The van der Waals surface area contributed by atoms with Gasteiger partial charge in [0.15, 0.2) is 5.16 Å². The summed E-state index contributed by atoms with van der Waals surface area (Å²) < 4.78 is 1.65. The van der Waals surface area contributed by atoms with Crippen molar-refractivity contribution in [2.45, 2.75) is 45.3 Å². The number of rotatable bonds is 10. The first-order chi connectivity index (χ1) is 13.4.